The highest BCUT2D eigenvalue weighted by Gasteiger charge is 2.22. The second kappa shape index (κ2) is 6.21. The Bertz CT molecular complexity index is 221. The number of ether oxygens (including phenoxy) is 1. The molecule has 0 aromatic heterocycles. The van der Waals surface area contributed by atoms with E-state index in [1.807, 2.05) is 0 Å². The number of piperidine rings is 1. The number of hydrogen-bond donors (Lipinski definition) is 2. The van der Waals surface area contributed by atoms with Crippen molar-refractivity contribution in [1.29, 1.82) is 0 Å². The molecule has 2 aliphatic heterocycles. The molecule has 2 heterocycles. The summed E-state index contributed by atoms with van der Waals surface area (Å²) in [6.07, 6.45) is 4.33. The van der Waals surface area contributed by atoms with Crippen molar-refractivity contribution < 1.29 is 9.53 Å². The van der Waals surface area contributed by atoms with Crippen LogP contribution in [-0.4, -0.2) is 38.8 Å². The van der Waals surface area contributed by atoms with E-state index in [4.69, 9.17) is 4.74 Å². The second-order valence-corrected chi connectivity index (χ2v) is 4.84. The molecule has 4 nitrogen and oxygen atoms in total. The van der Waals surface area contributed by atoms with Gasteiger partial charge in [0.2, 0.25) is 5.91 Å². The minimum atomic E-state index is 0.189. The Hall–Kier alpha value is -0.610. The summed E-state index contributed by atoms with van der Waals surface area (Å²) in [4.78, 5) is 11.9. The SMILES string of the molecule is O=C(NCC1CCOCC1)[C@H]1CCCNC1. The Morgan fingerprint density at radius 1 is 1.31 bits per heavy atom. The molecule has 2 N–H and O–H groups in total. The second-order valence-electron chi connectivity index (χ2n) is 4.84. The molecule has 0 radical (unpaired) electrons. The van der Waals surface area contributed by atoms with Crippen molar-refractivity contribution in [3.05, 3.63) is 0 Å². The van der Waals surface area contributed by atoms with Gasteiger partial charge in [0.05, 0.1) is 5.92 Å². The van der Waals surface area contributed by atoms with Crippen LogP contribution in [0.4, 0.5) is 0 Å². The normalized spacial score (nSPS) is 27.6. The Balaban J connectivity index is 1.65. The summed E-state index contributed by atoms with van der Waals surface area (Å²) in [5.41, 5.74) is 0. The number of rotatable bonds is 3. The van der Waals surface area contributed by atoms with Gasteiger partial charge in [-0.05, 0) is 38.1 Å². The quantitative estimate of drug-likeness (QED) is 0.738. The van der Waals surface area contributed by atoms with Crippen LogP contribution in [0, 0.1) is 11.8 Å². The van der Waals surface area contributed by atoms with E-state index in [2.05, 4.69) is 10.6 Å². The van der Waals surface area contributed by atoms with E-state index in [0.717, 1.165) is 58.5 Å². The van der Waals surface area contributed by atoms with Gasteiger partial charge in [-0.1, -0.05) is 0 Å². The molecule has 2 rings (SSSR count). The van der Waals surface area contributed by atoms with Crippen LogP contribution < -0.4 is 10.6 Å². The molecule has 0 spiro atoms. The average molecular weight is 226 g/mol. The maximum atomic E-state index is 11.9. The van der Waals surface area contributed by atoms with Crippen molar-refractivity contribution in [2.45, 2.75) is 25.7 Å². The first kappa shape index (κ1) is 11.9. The van der Waals surface area contributed by atoms with E-state index in [1.54, 1.807) is 0 Å². The van der Waals surface area contributed by atoms with Crippen molar-refractivity contribution in [3.8, 4) is 0 Å². The fourth-order valence-corrected chi connectivity index (χ4v) is 2.42. The van der Waals surface area contributed by atoms with Gasteiger partial charge in [-0.3, -0.25) is 4.79 Å². The first-order valence-electron chi connectivity index (χ1n) is 6.42. The summed E-state index contributed by atoms with van der Waals surface area (Å²) in [7, 11) is 0. The maximum Gasteiger partial charge on any atom is 0.224 e. The zero-order valence-electron chi connectivity index (χ0n) is 9.84. The first-order valence-corrected chi connectivity index (χ1v) is 6.42. The maximum absolute atomic E-state index is 11.9. The van der Waals surface area contributed by atoms with Crippen molar-refractivity contribution in [2.24, 2.45) is 11.8 Å². The van der Waals surface area contributed by atoms with Gasteiger partial charge in [0.15, 0.2) is 0 Å². The van der Waals surface area contributed by atoms with Crippen molar-refractivity contribution in [2.75, 3.05) is 32.8 Å². The van der Waals surface area contributed by atoms with Gasteiger partial charge >= 0.3 is 0 Å². The van der Waals surface area contributed by atoms with E-state index < -0.39 is 0 Å². The number of carbonyl (C=O) groups excluding carboxylic acids is 1. The lowest BCUT2D eigenvalue weighted by Crippen LogP contribution is -2.42. The molecule has 92 valence electrons. The Kier molecular flexibility index (Phi) is 4.60. The van der Waals surface area contributed by atoms with Gasteiger partial charge in [-0.25, -0.2) is 0 Å². The molecule has 1 atom stereocenters. The molecule has 4 heteroatoms. The van der Waals surface area contributed by atoms with Gasteiger partial charge in [0.1, 0.15) is 0 Å². The minimum absolute atomic E-state index is 0.189. The molecule has 2 saturated heterocycles. The monoisotopic (exact) mass is 226 g/mol. The predicted molar refractivity (Wildman–Crippen MR) is 62.1 cm³/mol. The molecular weight excluding hydrogens is 204 g/mol. The van der Waals surface area contributed by atoms with Crippen LogP contribution in [0.5, 0.6) is 0 Å². The summed E-state index contributed by atoms with van der Waals surface area (Å²) < 4.78 is 5.30. The zero-order valence-corrected chi connectivity index (χ0v) is 9.84. The Morgan fingerprint density at radius 3 is 2.81 bits per heavy atom. The molecule has 0 unspecified atom stereocenters. The first-order chi connectivity index (χ1) is 7.86. The highest BCUT2D eigenvalue weighted by Crippen LogP contribution is 2.14. The third-order valence-electron chi connectivity index (χ3n) is 3.57. The molecule has 0 aromatic carbocycles. The largest absolute Gasteiger partial charge is 0.381 e. The number of amides is 1. The molecule has 0 aromatic rings. The van der Waals surface area contributed by atoms with E-state index in [9.17, 15) is 4.79 Å². The summed E-state index contributed by atoms with van der Waals surface area (Å²) in [6.45, 7) is 4.44. The molecule has 2 fully saturated rings. The minimum Gasteiger partial charge on any atom is -0.381 e. The van der Waals surface area contributed by atoms with Crippen LogP contribution in [0.15, 0.2) is 0 Å². The number of nitrogens with one attached hydrogen (secondary N) is 2. The van der Waals surface area contributed by atoms with Crippen LogP contribution >= 0.6 is 0 Å². The fraction of sp³-hybridized carbons (Fsp3) is 0.917. The van der Waals surface area contributed by atoms with Crippen LogP contribution in [0.25, 0.3) is 0 Å². The van der Waals surface area contributed by atoms with Crippen molar-refractivity contribution >= 4 is 5.91 Å². The lowest BCUT2D eigenvalue weighted by atomic mass is 9.97. The highest BCUT2D eigenvalue weighted by atomic mass is 16.5. The number of carbonyl (C=O) groups is 1. The van der Waals surface area contributed by atoms with E-state index >= 15 is 0 Å². The van der Waals surface area contributed by atoms with Crippen LogP contribution in [0.2, 0.25) is 0 Å². The smallest absolute Gasteiger partial charge is 0.224 e. The van der Waals surface area contributed by atoms with Crippen LogP contribution in [0.1, 0.15) is 25.7 Å². The molecule has 1 amide bonds. The summed E-state index contributed by atoms with van der Waals surface area (Å²) >= 11 is 0. The summed E-state index contributed by atoms with van der Waals surface area (Å²) in [5, 5.41) is 6.36. The molecule has 16 heavy (non-hydrogen) atoms. The van der Waals surface area contributed by atoms with E-state index in [1.165, 1.54) is 0 Å². The van der Waals surface area contributed by atoms with Crippen molar-refractivity contribution in [3.63, 3.8) is 0 Å². The molecule has 0 saturated carbocycles. The van der Waals surface area contributed by atoms with E-state index in [-0.39, 0.29) is 11.8 Å². The van der Waals surface area contributed by atoms with Gasteiger partial charge in [-0.15, -0.1) is 0 Å². The van der Waals surface area contributed by atoms with E-state index in [0.29, 0.717) is 5.92 Å². The molecule has 0 aliphatic carbocycles. The predicted octanol–water partition coefficient (Wildman–Crippen LogP) is 0.529. The van der Waals surface area contributed by atoms with Crippen LogP contribution in [-0.2, 0) is 9.53 Å². The van der Waals surface area contributed by atoms with Crippen molar-refractivity contribution in [1.82, 2.24) is 10.6 Å². The summed E-state index contributed by atoms with van der Waals surface area (Å²) in [5.74, 6) is 1.04. The summed E-state index contributed by atoms with van der Waals surface area (Å²) in [6, 6.07) is 0. The van der Waals surface area contributed by atoms with Gasteiger partial charge in [0, 0.05) is 26.3 Å². The van der Waals surface area contributed by atoms with Gasteiger partial charge in [-0.2, -0.15) is 0 Å². The molecule has 0 bridgehead atoms. The number of hydrogen-bond acceptors (Lipinski definition) is 3. The fourth-order valence-electron chi connectivity index (χ4n) is 2.42. The van der Waals surface area contributed by atoms with Gasteiger partial charge < -0.3 is 15.4 Å². The third kappa shape index (κ3) is 3.46. The third-order valence-corrected chi connectivity index (χ3v) is 3.57. The lowest BCUT2D eigenvalue weighted by Gasteiger charge is -2.25. The zero-order chi connectivity index (χ0) is 11.2. The molecular formula is C12H22N2O2. The Morgan fingerprint density at radius 2 is 2.12 bits per heavy atom. The van der Waals surface area contributed by atoms with Crippen LogP contribution in [0.3, 0.4) is 0 Å². The topological polar surface area (TPSA) is 50.4 Å². The lowest BCUT2D eigenvalue weighted by molar-refractivity contribution is -0.125. The molecule has 2 aliphatic rings. The highest BCUT2D eigenvalue weighted by molar-refractivity contribution is 5.78. The standard InChI is InChI=1S/C12H22N2O2/c15-12(11-2-1-5-13-9-11)14-8-10-3-6-16-7-4-10/h10-11,13H,1-9H2,(H,14,15)/t11-/m0/s1. The van der Waals surface area contributed by atoms with Gasteiger partial charge in [0.25, 0.3) is 0 Å². The average Bonchev–Trinajstić information content (AvgIpc) is 2.38. The Labute approximate surface area is 97.1 Å².